The number of carbonyl (C=O) groups is 1. The zero-order valence-corrected chi connectivity index (χ0v) is 10.9. The largest absolute Gasteiger partial charge is 0.389 e. The van der Waals surface area contributed by atoms with Gasteiger partial charge in [0.25, 0.3) is 5.91 Å². The highest BCUT2D eigenvalue weighted by atomic mass is 16.5. The van der Waals surface area contributed by atoms with Crippen LogP contribution in [0.4, 0.5) is 0 Å². The van der Waals surface area contributed by atoms with Gasteiger partial charge in [0, 0.05) is 20.2 Å². The fraction of sp³-hybridized carbons (Fsp3) is 0.538. The van der Waals surface area contributed by atoms with E-state index in [9.17, 15) is 9.90 Å². The molecule has 1 aromatic heterocycles. The van der Waals surface area contributed by atoms with E-state index in [1.807, 2.05) is 0 Å². The number of pyridine rings is 1. The second kappa shape index (κ2) is 6.60. The lowest BCUT2D eigenvalue weighted by atomic mass is 10.2. The van der Waals surface area contributed by atoms with Crippen LogP contribution in [-0.4, -0.2) is 60.4 Å². The number of aliphatic hydroxyl groups excluding tert-OH is 1. The highest BCUT2D eigenvalue weighted by Crippen LogP contribution is 2.08. The average Bonchev–Trinajstić information content (AvgIpc) is 2.63. The summed E-state index contributed by atoms with van der Waals surface area (Å²) in [7, 11) is 1.58. The molecule has 0 saturated carbocycles. The van der Waals surface area contributed by atoms with Gasteiger partial charge in [-0.25, -0.2) is 4.98 Å². The number of rotatable bonds is 3. The van der Waals surface area contributed by atoms with Crippen molar-refractivity contribution >= 4 is 5.91 Å². The molecule has 1 fully saturated rings. The van der Waals surface area contributed by atoms with Crippen molar-refractivity contribution in [2.75, 3.05) is 33.4 Å². The molecular formula is C13H18N2O4. The fourth-order valence-electron chi connectivity index (χ4n) is 1.97. The Hall–Kier alpha value is -1.50. The molecule has 0 unspecified atom stereocenters. The number of ether oxygens (including phenoxy) is 2. The normalized spacial score (nSPS) is 20.1. The van der Waals surface area contributed by atoms with Crippen molar-refractivity contribution in [3.63, 3.8) is 0 Å². The molecule has 1 amide bonds. The zero-order chi connectivity index (χ0) is 13.7. The summed E-state index contributed by atoms with van der Waals surface area (Å²) in [5, 5.41) is 9.63. The van der Waals surface area contributed by atoms with E-state index in [1.165, 1.54) is 0 Å². The van der Waals surface area contributed by atoms with Gasteiger partial charge < -0.3 is 19.5 Å². The predicted octanol–water partition coefficient (Wildman–Crippen LogP) is 0.0613. The lowest BCUT2D eigenvalue weighted by Crippen LogP contribution is -2.38. The summed E-state index contributed by atoms with van der Waals surface area (Å²) in [6, 6.07) is 5.25. The van der Waals surface area contributed by atoms with Crippen molar-refractivity contribution in [1.29, 1.82) is 0 Å². The summed E-state index contributed by atoms with van der Waals surface area (Å²) in [6.45, 7) is 1.80. The summed E-state index contributed by atoms with van der Waals surface area (Å²) >= 11 is 0. The summed E-state index contributed by atoms with van der Waals surface area (Å²) in [5.41, 5.74) is 1.07. The summed E-state index contributed by atoms with van der Waals surface area (Å²) in [5.74, 6) is -0.192. The van der Waals surface area contributed by atoms with Crippen molar-refractivity contribution in [3.8, 4) is 0 Å². The summed E-state index contributed by atoms with van der Waals surface area (Å²) in [6.07, 6.45) is -0.645. The molecule has 0 radical (unpaired) electrons. The van der Waals surface area contributed by atoms with Crippen LogP contribution in [0.2, 0.25) is 0 Å². The van der Waals surface area contributed by atoms with Crippen LogP contribution in [-0.2, 0) is 16.1 Å². The van der Waals surface area contributed by atoms with Crippen molar-refractivity contribution < 1.29 is 19.4 Å². The Morgan fingerprint density at radius 2 is 2.47 bits per heavy atom. The van der Waals surface area contributed by atoms with Gasteiger partial charge >= 0.3 is 0 Å². The van der Waals surface area contributed by atoms with Gasteiger partial charge in [-0.2, -0.15) is 0 Å². The lowest BCUT2D eigenvalue weighted by molar-refractivity contribution is 0.0532. The van der Waals surface area contributed by atoms with Gasteiger partial charge in [0.2, 0.25) is 0 Å². The topological polar surface area (TPSA) is 71.9 Å². The van der Waals surface area contributed by atoms with Crippen molar-refractivity contribution in [2.45, 2.75) is 12.7 Å². The first-order chi connectivity index (χ1) is 9.20. The van der Waals surface area contributed by atoms with E-state index in [0.717, 1.165) is 0 Å². The van der Waals surface area contributed by atoms with E-state index in [0.29, 0.717) is 31.1 Å². The third kappa shape index (κ3) is 3.73. The van der Waals surface area contributed by atoms with Crippen molar-refractivity contribution in [3.05, 3.63) is 29.6 Å². The smallest absolute Gasteiger partial charge is 0.272 e. The first-order valence-corrected chi connectivity index (χ1v) is 6.20. The Morgan fingerprint density at radius 1 is 1.63 bits per heavy atom. The molecule has 6 nitrogen and oxygen atoms in total. The minimum atomic E-state index is -0.645. The lowest BCUT2D eigenvalue weighted by Gasteiger charge is -2.21. The van der Waals surface area contributed by atoms with Gasteiger partial charge in [0.05, 0.1) is 31.6 Å². The van der Waals surface area contributed by atoms with Crippen LogP contribution in [0.1, 0.15) is 16.2 Å². The Balaban J connectivity index is 2.11. The Kier molecular flexibility index (Phi) is 4.84. The summed E-state index contributed by atoms with van der Waals surface area (Å²) in [4.78, 5) is 18.1. The number of aliphatic hydroxyl groups is 1. The van der Waals surface area contributed by atoms with Gasteiger partial charge in [-0.3, -0.25) is 4.79 Å². The third-order valence-electron chi connectivity index (χ3n) is 2.85. The quantitative estimate of drug-likeness (QED) is 0.837. The number of aromatic nitrogens is 1. The number of β-amino-alcohol motifs (C(OH)–C–C–N with tert-alkyl or cyclic N) is 1. The van der Waals surface area contributed by atoms with Crippen LogP contribution < -0.4 is 0 Å². The molecule has 1 aromatic rings. The molecule has 0 bridgehead atoms. The molecule has 104 valence electrons. The van der Waals surface area contributed by atoms with E-state index in [4.69, 9.17) is 9.47 Å². The van der Waals surface area contributed by atoms with Gasteiger partial charge in [0.1, 0.15) is 5.69 Å². The molecule has 1 atom stereocenters. The minimum Gasteiger partial charge on any atom is -0.389 e. The maximum atomic E-state index is 12.3. The molecule has 0 spiro atoms. The predicted molar refractivity (Wildman–Crippen MR) is 67.7 cm³/mol. The summed E-state index contributed by atoms with van der Waals surface area (Å²) < 4.78 is 10.2. The van der Waals surface area contributed by atoms with Crippen molar-refractivity contribution in [1.82, 2.24) is 9.88 Å². The van der Waals surface area contributed by atoms with Gasteiger partial charge in [-0.05, 0) is 12.1 Å². The number of hydrogen-bond acceptors (Lipinski definition) is 5. The molecule has 1 aliphatic heterocycles. The molecule has 2 heterocycles. The van der Waals surface area contributed by atoms with Crippen LogP contribution in [0.3, 0.4) is 0 Å². The number of carbonyl (C=O) groups excluding carboxylic acids is 1. The third-order valence-corrected chi connectivity index (χ3v) is 2.85. The number of hydrogen-bond donors (Lipinski definition) is 1. The van der Waals surface area contributed by atoms with E-state index in [2.05, 4.69) is 4.98 Å². The Labute approximate surface area is 112 Å². The molecule has 2 rings (SSSR count). The van der Waals surface area contributed by atoms with E-state index >= 15 is 0 Å². The van der Waals surface area contributed by atoms with Crippen LogP contribution in [0.5, 0.6) is 0 Å². The molecular weight excluding hydrogens is 248 g/mol. The van der Waals surface area contributed by atoms with Crippen LogP contribution in [0.25, 0.3) is 0 Å². The average molecular weight is 266 g/mol. The van der Waals surface area contributed by atoms with E-state index in [-0.39, 0.29) is 19.1 Å². The van der Waals surface area contributed by atoms with E-state index in [1.54, 1.807) is 30.2 Å². The highest BCUT2D eigenvalue weighted by molar-refractivity contribution is 5.92. The minimum absolute atomic E-state index is 0.192. The van der Waals surface area contributed by atoms with Gasteiger partial charge in [-0.1, -0.05) is 6.07 Å². The first kappa shape index (κ1) is 13.9. The van der Waals surface area contributed by atoms with E-state index < -0.39 is 6.10 Å². The molecule has 6 heteroatoms. The zero-order valence-electron chi connectivity index (χ0n) is 10.9. The molecule has 1 saturated heterocycles. The van der Waals surface area contributed by atoms with Gasteiger partial charge in [-0.15, -0.1) is 0 Å². The Bertz CT molecular complexity index is 438. The van der Waals surface area contributed by atoms with Crippen LogP contribution in [0.15, 0.2) is 18.2 Å². The molecule has 0 aliphatic carbocycles. The number of nitrogens with zero attached hydrogens (tertiary/aromatic N) is 2. The maximum Gasteiger partial charge on any atom is 0.272 e. The fourth-order valence-corrected chi connectivity index (χ4v) is 1.97. The standard InChI is InChI=1S/C13H18N2O4/c1-18-8-10-3-2-4-12(14-10)13(17)15-5-6-19-9-11(16)7-15/h2-4,11,16H,5-9H2,1H3/t11-/m0/s1. The van der Waals surface area contributed by atoms with Crippen LogP contribution >= 0.6 is 0 Å². The maximum absolute atomic E-state index is 12.3. The second-order valence-electron chi connectivity index (χ2n) is 4.43. The number of methoxy groups -OCH3 is 1. The first-order valence-electron chi connectivity index (χ1n) is 6.20. The molecule has 0 aromatic carbocycles. The van der Waals surface area contributed by atoms with Crippen molar-refractivity contribution in [2.24, 2.45) is 0 Å². The molecule has 1 aliphatic rings. The SMILES string of the molecule is COCc1cccc(C(=O)N2CCOC[C@@H](O)C2)n1. The van der Waals surface area contributed by atoms with Crippen LogP contribution in [0, 0.1) is 0 Å². The number of amides is 1. The Morgan fingerprint density at radius 3 is 3.26 bits per heavy atom. The highest BCUT2D eigenvalue weighted by Gasteiger charge is 2.22. The monoisotopic (exact) mass is 266 g/mol. The second-order valence-corrected chi connectivity index (χ2v) is 4.43. The van der Waals surface area contributed by atoms with Gasteiger partial charge in [0.15, 0.2) is 0 Å². The molecule has 19 heavy (non-hydrogen) atoms. The molecule has 1 N–H and O–H groups in total.